The molecule has 3 rings (SSSR count). The first-order valence-corrected chi connectivity index (χ1v) is 11.5. The molecule has 2 N–H and O–H groups in total. The van der Waals surface area contributed by atoms with Crippen LogP contribution in [0, 0.1) is 13.8 Å². The molecule has 2 aromatic carbocycles. The molecule has 0 radical (unpaired) electrons. The largest absolute Gasteiger partial charge is 0.497 e. The third-order valence-corrected chi connectivity index (χ3v) is 6.74. The minimum atomic E-state index is -0.227. The van der Waals surface area contributed by atoms with Gasteiger partial charge in [-0.25, -0.2) is 0 Å². The van der Waals surface area contributed by atoms with E-state index in [0.717, 1.165) is 15.6 Å². The number of carbonyl (C=O) groups is 1. The van der Waals surface area contributed by atoms with Gasteiger partial charge in [0.05, 0.1) is 26.0 Å². The number of aromatic nitrogens is 2. The molecule has 0 saturated carbocycles. The lowest BCUT2D eigenvalue weighted by molar-refractivity contribution is -0.119. The zero-order valence-corrected chi connectivity index (χ0v) is 19.8. The van der Waals surface area contributed by atoms with Gasteiger partial charge in [-0.3, -0.25) is 4.79 Å². The molecule has 3 aromatic rings. The summed E-state index contributed by atoms with van der Waals surface area (Å²) in [6.45, 7) is 6.06. The molecule has 1 atom stereocenters. The van der Waals surface area contributed by atoms with E-state index in [1.165, 1.54) is 34.2 Å². The Kier molecular flexibility index (Phi) is 7.75. The van der Waals surface area contributed by atoms with Crippen LogP contribution in [0.5, 0.6) is 11.5 Å². The highest BCUT2D eigenvalue weighted by atomic mass is 32.2. The smallest absolute Gasteiger partial charge is 0.230 e. The van der Waals surface area contributed by atoms with Crippen molar-refractivity contribution >= 4 is 39.8 Å². The van der Waals surface area contributed by atoms with Crippen molar-refractivity contribution in [3.05, 3.63) is 53.1 Å². The van der Waals surface area contributed by atoms with Gasteiger partial charge in [0.1, 0.15) is 11.5 Å². The molecule has 1 unspecified atom stereocenters. The Morgan fingerprint density at radius 1 is 1.10 bits per heavy atom. The highest BCUT2D eigenvalue weighted by molar-refractivity contribution is 8.01. The van der Waals surface area contributed by atoms with Crippen molar-refractivity contribution in [2.45, 2.75) is 31.2 Å². The van der Waals surface area contributed by atoms with Gasteiger partial charge < -0.3 is 20.1 Å². The average Bonchev–Trinajstić information content (AvgIpc) is 3.21. The van der Waals surface area contributed by atoms with Crippen LogP contribution in [-0.2, 0) is 4.79 Å². The molecule has 9 heteroatoms. The quantitative estimate of drug-likeness (QED) is 0.442. The second-order valence-corrected chi connectivity index (χ2v) is 9.18. The van der Waals surface area contributed by atoms with Gasteiger partial charge in [0.15, 0.2) is 4.34 Å². The molecular formula is C22H26N4O3S2. The normalized spacial score (nSPS) is 11.6. The fourth-order valence-corrected chi connectivity index (χ4v) is 4.51. The van der Waals surface area contributed by atoms with Gasteiger partial charge in [0, 0.05) is 11.3 Å². The Labute approximate surface area is 190 Å². The first-order chi connectivity index (χ1) is 14.9. The summed E-state index contributed by atoms with van der Waals surface area (Å²) in [5, 5.41) is 15.3. The highest BCUT2D eigenvalue weighted by Gasteiger charge is 2.16. The number of aryl methyl sites for hydroxylation is 2. The molecule has 0 saturated heterocycles. The van der Waals surface area contributed by atoms with Crippen LogP contribution in [0.3, 0.4) is 0 Å². The third kappa shape index (κ3) is 6.11. The van der Waals surface area contributed by atoms with E-state index in [-0.39, 0.29) is 17.7 Å². The maximum Gasteiger partial charge on any atom is 0.230 e. The lowest BCUT2D eigenvalue weighted by atomic mass is 10.1. The summed E-state index contributed by atoms with van der Waals surface area (Å²) in [5.41, 5.74) is 4.28. The van der Waals surface area contributed by atoms with E-state index in [1.54, 1.807) is 14.2 Å². The maximum absolute atomic E-state index is 12.5. The van der Waals surface area contributed by atoms with Gasteiger partial charge in [-0.1, -0.05) is 29.2 Å². The van der Waals surface area contributed by atoms with Gasteiger partial charge >= 0.3 is 0 Å². The summed E-state index contributed by atoms with van der Waals surface area (Å²) in [5.74, 6) is 1.56. The van der Waals surface area contributed by atoms with Crippen LogP contribution in [0.1, 0.15) is 29.7 Å². The van der Waals surface area contributed by atoms with Crippen molar-refractivity contribution in [3.63, 3.8) is 0 Å². The summed E-state index contributed by atoms with van der Waals surface area (Å²) in [7, 11) is 3.21. The van der Waals surface area contributed by atoms with Crippen LogP contribution in [0.25, 0.3) is 0 Å². The van der Waals surface area contributed by atoms with Crippen molar-refractivity contribution < 1.29 is 14.3 Å². The monoisotopic (exact) mass is 458 g/mol. The average molecular weight is 459 g/mol. The fraction of sp³-hybridized carbons (Fsp3) is 0.318. The van der Waals surface area contributed by atoms with E-state index in [4.69, 9.17) is 9.47 Å². The fourth-order valence-electron chi connectivity index (χ4n) is 2.93. The summed E-state index contributed by atoms with van der Waals surface area (Å²) in [4.78, 5) is 12.5. The van der Waals surface area contributed by atoms with Gasteiger partial charge in [0.2, 0.25) is 11.0 Å². The van der Waals surface area contributed by atoms with Crippen molar-refractivity contribution in [1.82, 2.24) is 15.5 Å². The van der Waals surface area contributed by atoms with E-state index >= 15 is 0 Å². The number of hydrogen-bond acceptors (Lipinski definition) is 8. The summed E-state index contributed by atoms with van der Waals surface area (Å²) < 4.78 is 11.4. The lowest BCUT2D eigenvalue weighted by Gasteiger charge is -2.18. The van der Waals surface area contributed by atoms with E-state index in [1.807, 2.05) is 31.2 Å². The number of nitrogens with one attached hydrogen (secondary N) is 2. The highest BCUT2D eigenvalue weighted by Crippen LogP contribution is 2.30. The Balaban J connectivity index is 1.55. The molecule has 1 amide bonds. The van der Waals surface area contributed by atoms with Gasteiger partial charge in [-0.2, -0.15) is 0 Å². The summed E-state index contributed by atoms with van der Waals surface area (Å²) in [6.07, 6.45) is 0. The number of nitrogens with zero attached hydrogens (tertiary/aromatic N) is 2. The molecule has 0 aliphatic heterocycles. The van der Waals surface area contributed by atoms with Gasteiger partial charge in [-0.05, 0) is 62.2 Å². The number of amides is 1. The van der Waals surface area contributed by atoms with Crippen molar-refractivity contribution in [3.8, 4) is 11.5 Å². The Morgan fingerprint density at radius 2 is 1.90 bits per heavy atom. The second-order valence-electron chi connectivity index (χ2n) is 6.98. The Hall–Kier alpha value is -2.78. The number of anilines is 2. The SMILES string of the molecule is COc1ccc(OC)c(C(C)NC(=O)CSc2nnc(Nc3ccc(C)c(C)c3)s2)c1. The minimum Gasteiger partial charge on any atom is -0.497 e. The molecule has 164 valence electrons. The second kappa shape index (κ2) is 10.5. The molecule has 0 fully saturated rings. The molecule has 1 aromatic heterocycles. The summed E-state index contributed by atoms with van der Waals surface area (Å²) >= 11 is 2.78. The Morgan fingerprint density at radius 3 is 2.61 bits per heavy atom. The van der Waals surface area contributed by atoms with E-state index < -0.39 is 0 Å². The number of rotatable bonds is 9. The Bertz CT molecular complexity index is 1050. The van der Waals surface area contributed by atoms with Crippen LogP contribution in [0.4, 0.5) is 10.8 Å². The van der Waals surface area contributed by atoms with Crippen molar-refractivity contribution in [1.29, 1.82) is 0 Å². The minimum absolute atomic E-state index is 0.0961. The first kappa shape index (κ1) is 22.9. The number of benzene rings is 2. The molecular weight excluding hydrogens is 432 g/mol. The maximum atomic E-state index is 12.5. The topological polar surface area (TPSA) is 85.4 Å². The number of hydrogen-bond donors (Lipinski definition) is 2. The number of methoxy groups -OCH3 is 2. The van der Waals surface area contributed by atoms with E-state index in [2.05, 4.69) is 46.8 Å². The molecule has 31 heavy (non-hydrogen) atoms. The van der Waals surface area contributed by atoms with Gasteiger partial charge in [0.25, 0.3) is 0 Å². The summed E-state index contributed by atoms with van der Waals surface area (Å²) in [6, 6.07) is 11.4. The van der Waals surface area contributed by atoms with Crippen molar-refractivity contribution in [2.24, 2.45) is 0 Å². The molecule has 0 aliphatic carbocycles. The van der Waals surface area contributed by atoms with Crippen LogP contribution in [0.15, 0.2) is 40.7 Å². The van der Waals surface area contributed by atoms with Gasteiger partial charge in [-0.15, -0.1) is 10.2 Å². The molecule has 0 bridgehead atoms. The standard InChI is InChI=1S/C22H26N4O3S2/c1-13-6-7-16(10-14(13)2)24-21-25-26-22(31-21)30-12-20(27)23-15(3)18-11-17(28-4)8-9-19(18)29-5/h6-11,15H,12H2,1-5H3,(H,23,27)(H,24,25). The number of carbonyl (C=O) groups excluding carboxylic acids is 1. The third-order valence-electron chi connectivity index (χ3n) is 4.77. The first-order valence-electron chi connectivity index (χ1n) is 9.71. The predicted molar refractivity (Wildman–Crippen MR) is 126 cm³/mol. The van der Waals surface area contributed by atoms with Crippen LogP contribution >= 0.6 is 23.1 Å². The van der Waals surface area contributed by atoms with E-state index in [0.29, 0.717) is 16.6 Å². The lowest BCUT2D eigenvalue weighted by Crippen LogP contribution is -2.28. The molecule has 0 aliphatic rings. The van der Waals surface area contributed by atoms with Crippen LogP contribution < -0.4 is 20.1 Å². The van der Waals surface area contributed by atoms with Crippen LogP contribution in [0.2, 0.25) is 0 Å². The zero-order valence-electron chi connectivity index (χ0n) is 18.2. The number of thioether (sulfide) groups is 1. The molecule has 0 spiro atoms. The van der Waals surface area contributed by atoms with Crippen molar-refractivity contribution in [2.75, 3.05) is 25.3 Å². The predicted octanol–water partition coefficient (Wildman–Crippen LogP) is 4.89. The van der Waals surface area contributed by atoms with E-state index in [9.17, 15) is 4.79 Å². The number of ether oxygens (including phenoxy) is 2. The molecule has 7 nitrogen and oxygen atoms in total. The molecule has 1 heterocycles. The van der Waals surface area contributed by atoms with Crippen LogP contribution in [-0.4, -0.2) is 36.1 Å². The zero-order chi connectivity index (χ0) is 22.4.